The zero-order valence-corrected chi connectivity index (χ0v) is 13.0. The first-order valence-electron chi connectivity index (χ1n) is 5.99. The van der Waals surface area contributed by atoms with Crippen molar-refractivity contribution in [3.05, 3.63) is 63.1 Å². The molecule has 1 N–H and O–H groups in total. The zero-order chi connectivity index (χ0) is 13.7. The van der Waals surface area contributed by atoms with Crippen LogP contribution in [0.3, 0.4) is 0 Å². The van der Waals surface area contributed by atoms with Gasteiger partial charge in [0.05, 0.1) is 4.47 Å². The number of rotatable bonds is 5. The van der Waals surface area contributed by atoms with Crippen LogP contribution in [0.2, 0.25) is 5.02 Å². The Morgan fingerprint density at radius 2 is 1.79 bits per heavy atom. The number of ether oxygens (including phenoxy) is 1. The highest BCUT2D eigenvalue weighted by Crippen LogP contribution is 2.27. The van der Waals surface area contributed by atoms with Crippen molar-refractivity contribution < 1.29 is 4.74 Å². The molecule has 0 aromatic heterocycles. The molecule has 0 saturated carbocycles. The van der Waals surface area contributed by atoms with E-state index < -0.39 is 0 Å². The molecule has 0 aliphatic rings. The molecule has 0 spiro atoms. The third kappa shape index (κ3) is 4.23. The Bertz CT molecular complexity index is 542. The van der Waals surface area contributed by atoms with Crippen molar-refractivity contribution in [1.82, 2.24) is 5.32 Å². The summed E-state index contributed by atoms with van der Waals surface area (Å²) in [7, 11) is 1.93. The summed E-state index contributed by atoms with van der Waals surface area (Å²) in [5.41, 5.74) is 2.31. The molecule has 0 amide bonds. The molecule has 0 heterocycles. The second-order valence-electron chi connectivity index (χ2n) is 4.21. The second kappa shape index (κ2) is 6.94. The topological polar surface area (TPSA) is 21.3 Å². The summed E-state index contributed by atoms with van der Waals surface area (Å²) in [4.78, 5) is 0. The number of benzene rings is 2. The first kappa shape index (κ1) is 14.4. The fourth-order valence-corrected chi connectivity index (χ4v) is 2.38. The summed E-state index contributed by atoms with van der Waals surface area (Å²) in [5, 5.41) is 3.86. The highest BCUT2D eigenvalue weighted by molar-refractivity contribution is 9.10. The van der Waals surface area contributed by atoms with E-state index in [2.05, 4.69) is 33.4 Å². The molecule has 19 heavy (non-hydrogen) atoms. The van der Waals surface area contributed by atoms with Gasteiger partial charge in [-0.05, 0) is 58.4 Å². The lowest BCUT2D eigenvalue weighted by Gasteiger charge is -2.10. The predicted octanol–water partition coefficient (Wildman–Crippen LogP) is 4.40. The third-order valence-corrected chi connectivity index (χ3v) is 3.56. The van der Waals surface area contributed by atoms with Gasteiger partial charge in [0.2, 0.25) is 0 Å². The van der Waals surface area contributed by atoms with Crippen LogP contribution < -0.4 is 10.1 Å². The minimum absolute atomic E-state index is 0.529. The van der Waals surface area contributed by atoms with E-state index in [9.17, 15) is 0 Å². The molecular formula is C15H15BrClNO. The van der Waals surface area contributed by atoms with Crippen LogP contribution in [-0.2, 0) is 13.2 Å². The summed E-state index contributed by atoms with van der Waals surface area (Å²) in [6.45, 7) is 1.37. The zero-order valence-electron chi connectivity index (χ0n) is 10.6. The number of nitrogens with one attached hydrogen (secondary N) is 1. The van der Waals surface area contributed by atoms with Gasteiger partial charge in [-0.25, -0.2) is 0 Å². The monoisotopic (exact) mass is 339 g/mol. The van der Waals surface area contributed by atoms with E-state index in [-0.39, 0.29) is 0 Å². The van der Waals surface area contributed by atoms with Gasteiger partial charge >= 0.3 is 0 Å². The van der Waals surface area contributed by atoms with E-state index in [4.69, 9.17) is 16.3 Å². The molecule has 100 valence electrons. The average molecular weight is 341 g/mol. The molecule has 2 nitrogen and oxygen atoms in total. The van der Waals surface area contributed by atoms with Gasteiger partial charge in [0.1, 0.15) is 12.4 Å². The van der Waals surface area contributed by atoms with Crippen molar-refractivity contribution in [2.24, 2.45) is 0 Å². The van der Waals surface area contributed by atoms with Crippen LogP contribution in [0.5, 0.6) is 5.75 Å². The Balaban J connectivity index is 2.01. The van der Waals surface area contributed by atoms with Gasteiger partial charge in [0, 0.05) is 11.6 Å². The predicted molar refractivity (Wildman–Crippen MR) is 82.7 cm³/mol. The molecule has 0 fully saturated rings. The van der Waals surface area contributed by atoms with E-state index in [1.165, 1.54) is 5.56 Å². The third-order valence-electron chi connectivity index (χ3n) is 2.68. The van der Waals surface area contributed by atoms with Gasteiger partial charge in [0.15, 0.2) is 0 Å². The van der Waals surface area contributed by atoms with E-state index in [0.29, 0.717) is 6.61 Å². The Morgan fingerprint density at radius 1 is 1.11 bits per heavy atom. The molecule has 0 atom stereocenters. The quantitative estimate of drug-likeness (QED) is 0.871. The fourth-order valence-electron chi connectivity index (χ4n) is 1.72. The Hall–Kier alpha value is -1.03. The lowest BCUT2D eigenvalue weighted by Crippen LogP contribution is -2.05. The standard InChI is InChI=1S/C15H15BrClNO/c1-18-9-12-4-7-15(14(16)8-12)19-10-11-2-5-13(17)6-3-11/h2-8,18H,9-10H2,1H3. The maximum atomic E-state index is 5.85. The summed E-state index contributed by atoms with van der Waals surface area (Å²) in [5.74, 6) is 0.842. The molecule has 2 rings (SSSR count). The van der Waals surface area contributed by atoms with Crippen LogP contribution in [0.1, 0.15) is 11.1 Å². The van der Waals surface area contributed by atoms with Crippen LogP contribution in [-0.4, -0.2) is 7.05 Å². The summed E-state index contributed by atoms with van der Waals surface area (Å²) in [6.07, 6.45) is 0. The van der Waals surface area contributed by atoms with E-state index in [1.54, 1.807) is 0 Å². The van der Waals surface area contributed by atoms with E-state index in [1.807, 2.05) is 37.4 Å². The fraction of sp³-hybridized carbons (Fsp3) is 0.200. The van der Waals surface area contributed by atoms with Crippen molar-refractivity contribution in [3.8, 4) is 5.75 Å². The van der Waals surface area contributed by atoms with E-state index >= 15 is 0 Å². The van der Waals surface area contributed by atoms with Gasteiger partial charge in [-0.1, -0.05) is 29.8 Å². The van der Waals surface area contributed by atoms with Gasteiger partial charge in [-0.2, -0.15) is 0 Å². The molecular weight excluding hydrogens is 326 g/mol. The lowest BCUT2D eigenvalue weighted by atomic mass is 10.2. The molecule has 0 unspecified atom stereocenters. The Labute approximate surface area is 126 Å². The van der Waals surface area contributed by atoms with E-state index in [0.717, 1.165) is 27.4 Å². The van der Waals surface area contributed by atoms with Crippen molar-refractivity contribution in [2.45, 2.75) is 13.2 Å². The summed E-state index contributed by atoms with van der Waals surface area (Å²) in [6, 6.07) is 13.8. The highest BCUT2D eigenvalue weighted by atomic mass is 79.9. The highest BCUT2D eigenvalue weighted by Gasteiger charge is 2.03. The largest absolute Gasteiger partial charge is 0.488 e. The molecule has 0 radical (unpaired) electrons. The maximum absolute atomic E-state index is 5.85. The summed E-state index contributed by atoms with van der Waals surface area (Å²) >= 11 is 9.38. The molecule has 0 bridgehead atoms. The smallest absolute Gasteiger partial charge is 0.134 e. The van der Waals surface area contributed by atoms with Gasteiger partial charge < -0.3 is 10.1 Å². The van der Waals surface area contributed by atoms with Crippen LogP contribution in [0.15, 0.2) is 46.9 Å². The molecule has 0 saturated heterocycles. The van der Waals surface area contributed by atoms with Gasteiger partial charge in [-0.15, -0.1) is 0 Å². The molecule has 2 aromatic carbocycles. The Morgan fingerprint density at radius 3 is 2.42 bits per heavy atom. The molecule has 2 aromatic rings. The van der Waals surface area contributed by atoms with Crippen molar-refractivity contribution >= 4 is 27.5 Å². The first-order valence-corrected chi connectivity index (χ1v) is 7.16. The van der Waals surface area contributed by atoms with Crippen LogP contribution in [0.25, 0.3) is 0 Å². The maximum Gasteiger partial charge on any atom is 0.134 e. The average Bonchev–Trinajstić information content (AvgIpc) is 2.40. The lowest BCUT2D eigenvalue weighted by molar-refractivity contribution is 0.304. The van der Waals surface area contributed by atoms with Crippen molar-refractivity contribution in [3.63, 3.8) is 0 Å². The Kier molecular flexibility index (Phi) is 5.25. The second-order valence-corrected chi connectivity index (χ2v) is 5.50. The minimum atomic E-state index is 0.529. The van der Waals surface area contributed by atoms with Crippen molar-refractivity contribution in [2.75, 3.05) is 7.05 Å². The van der Waals surface area contributed by atoms with Gasteiger partial charge in [-0.3, -0.25) is 0 Å². The normalized spacial score (nSPS) is 10.5. The SMILES string of the molecule is CNCc1ccc(OCc2ccc(Cl)cc2)c(Br)c1. The van der Waals surface area contributed by atoms with Crippen LogP contribution in [0.4, 0.5) is 0 Å². The van der Waals surface area contributed by atoms with Crippen molar-refractivity contribution in [1.29, 1.82) is 0 Å². The number of hydrogen-bond donors (Lipinski definition) is 1. The first-order chi connectivity index (χ1) is 9.19. The molecule has 0 aliphatic carbocycles. The molecule has 4 heteroatoms. The summed E-state index contributed by atoms with van der Waals surface area (Å²) < 4.78 is 6.75. The molecule has 0 aliphatic heterocycles. The van der Waals surface area contributed by atoms with Gasteiger partial charge in [0.25, 0.3) is 0 Å². The minimum Gasteiger partial charge on any atom is -0.488 e. The van der Waals surface area contributed by atoms with Crippen LogP contribution >= 0.6 is 27.5 Å². The number of halogens is 2. The number of hydrogen-bond acceptors (Lipinski definition) is 2. The van der Waals surface area contributed by atoms with Crippen LogP contribution in [0, 0.1) is 0 Å².